The smallest absolute Gasteiger partial charge is 0.243 e. The van der Waals surface area contributed by atoms with E-state index in [1.807, 2.05) is 6.92 Å². The number of anilines is 1. The molecular weight excluding hydrogens is 323 g/mol. The summed E-state index contributed by atoms with van der Waals surface area (Å²) in [5.41, 5.74) is 5.74. The SMILES string of the molecule is CC1(CNS(=O)(=O)c2cc(N)cc(Br)c2F)CC1. The van der Waals surface area contributed by atoms with Crippen molar-refractivity contribution in [3.63, 3.8) is 0 Å². The minimum Gasteiger partial charge on any atom is -0.399 e. The Morgan fingerprint density at radius 1 is 1.50 bits per heavy atom. The van der Waals surface area contributed by atoms with Crippen LogP contribution in [0.4, 0.5) is 10.1 Å². The van der Waals surface area contributed by atoms with E-state index < -0.39 is 20.7 Å². The van der Waals surface area contributed by atoms with E-state index in [1.54, 1.807) is 0 Å². The van der Waals surface area contributed by atoms with Crippen LogP contribution in [-0.2, 0) is 10.0 Å². The molecule has 0 aliphatic heterocycles. The number of hydrogen-bond acceptors (Lipinski definition) is 3. The lowest BCUT2D eigenvalue weighted by atomic mass is 10.2. The molecule has 1 aromatic rings. The van der Waals surface area contributed by atoms with Gasteiger partial charge in [-0.3, -0.25) is 0 Å². The molecule has 7 heteroatoms. The van der Waals surface area contributed by atoms with Gasteiger partial charge in [0.2, 0.25) is 10.0 Å². The maximum atomic E-state index is 13.8. The lowest BCUT2D eigenvalue weighted by Crippen LogP contribution is -2.30. The van der Waals surface area contributed by atoms with Crippen molar-refractivity contribution >= 4 is 31.6 Å². The number of halogens is 2. The molecule has 0 saturated heterocycles. The van der Waals surface area contributed by atoms with E-state index in [2.05, 4.69) is 20.7 Å². The van der Waals surface area contributed by atoms with E-state index in [-0.39, 0.29) is 15.6 Å². The van der Waals surface area contributed by atoms with Gasteiger partial charge in [-0.2, -0.15) is 0 Å². The predicted octanol–water partition coefficient (Wildman–Crippen LogP) is 2.25. The fourth-order valence-electron chi connectivity index (χ4n) is 1.52. The number of sulfonamides is 1. The molecule has 1 aliphatic rings. The van der Waals surface area contributed by atoms with Crippen LogP contribution in [0.5, 0.6) is 0 Å². The first-order valence-electron chi connectivity index (χ1n) is 5.48. The zero-order chi connectivity index (χ0) is 13.6. The number of nitrogens with two attached hydrogens (primary N) is 1. The van der Waals surface area contributed by atoms with Gasteiger partial charge >= 0.3 is 0 Å². The summed E-state index contributed by atoms with van der Waals surface area (Å²) in [6.07, 6.45) is 1.97. The first kappa shape index (κ1) is 13.8. The van der Waals surface area contributed by atoms with Crippen molar-refractivity contribution in [1.29, 1.82) is 0 Å². The molecule has 0 bridgehead atoms. The van der Waals surface area contributed by atoms with Gasteiger partial charge in [0.1, 0.15) is 4.90 Å². The molecule has 3 N–H and O–H groups in total. The molecule has 18 heavy (non-hydrogen) atoms. The van der Waals surface area contributed by atoms with Crippen LogP contribution in [0.2, 0.25) is 0 Å². The van der Waals surface area contributed by atoms with E-state index in [4.69, 9.17) is 5.73 Å². The van der Waals surface area contributed by atoms with Crippen LogP contribution in [0.15, 0.2) is 21.5 Å². The summed E-state index contributed by atoms with van der Waals surface area (Å²) in [5, 5.41) is 0. The second-order valence-corrected chi connectivity index (χ2v) is 7.54. The average molecular weight is 337 g/mol. The Kier molecular flexibility index (Phi) is 3.42. The van der Waals surface area contributed by atoms with Gasteiger partial charge in [-0.1, -0.05) is 6.92 Å². The highest BCUT2D eigenvalue weighted by Gasteiger charge is 2.38. The standard InChI is InChI=1S/C11H14BrFN2O2S/c1-11(2-3-11)6-15-18(16,17)9-5-7(14)4-8(12)10(9)13/h4-5,15H,2-3,6,14H2,1H3. The van der Waals surface area contributed by atoms with Crippen LogP contribution in [0, 0.1) is 11.2 Å². The Hall–Kier alpha value is -0.660. The summed E-state index contributed by atoms with van der Waals surface area (Å²) < 4.78 is 40.3. The molecule has 0 radical (unpaired) electrons. The molecule has 0 aromatic heterocycles. The number of nitrogens with one attached hydrogen (secondary N) is 1. The summed E-state index contributed by atoms with van der Waals surface area (Å²) in [6.45, 7) is 2.31. The van der Waals surface area contributed by atoms with Gasteiger partial charge in [0.25, 0.3) is 0 Å². The van der Waals surface area contributed by atoms with Crippen molar-refractivity contribution in [3.8, 4) is 0 Å². The molecule has 1 aliphatic carbocycles. The molecule has 0 atom stereocenters. The zero-order valence-electron chi connectivity index (χ0n) is 9.83. The highest BCUT2D eigenvalue weighted by molar-refractivity contribution is 9.10. The molecule has 1 fully saturated rings. The van der Waals surface area contributed by atoms with Gasteiger partial charge in [-0.15, -0.1) is 0 Å². The molecule has 100 valence electrons. The Morgan fingerprint density at radius 2 is 2.11 bits per heavy atom. The summed E-state index contributed by atoms with van der Waals surface area (Å²) in [6, 6.07) is 2.45. The van der Waals surface area contributed by atoms with Gasteiger partial charge in [0, 0.05) is 12.2 Å². The first-order chi connectivity index (χ1) is 8.23. The third-order valence-corrected chi connectivity index (χ3v) is 5.08. The van der Waals surface area contributed by atoms with Crippen molar-refractivity contribution in [1.82, 2.24) is 4.72 Å². The maximum absolute atomic E-state index is 13.8. The summed E-state index contributed by atoms with van der Waals surface area (Å²) in [4.78, 5) is -0.418. The molecule has 4 nitrogen and oxygen atoms in total. The second-order valence-electron chi connectivity index (χ2n) is 4.95. The Balaban J connectivity index is 2.29. The van der Waals surface area contributed by atoms with Crippen LogP contribution >= 0.6 is 15.9 Å². The van der Waals surface area contributed by atoms with Crippen LogP contribution in [0.1, 0.15) is 19.8 Å². The highest BCUT2D eigenvalue weighted by atomic mass is 79.9. The molecule has 0 amide bonds. The lowest BCUT2D eigenvalue weighted by Gasteiger charge is -2.12. The molecule has 2 rings (SSSR count). The van der Waals surface area contributed by atoms with Crippen LogP contribution in [0.3, 0.4) is 0 Å². The minimum absolute atomic E-state index is 0.0150. The van der Waals surface area contributed by atoms with Crippen molar-refractivity contribution in [2.24, 2.45) is 5.41 Å². The first-order valence-corrected chi connectivity index (χ1v) is 7.75. The number of hydrogen-bond donors (Lipinski definition) is 2. The predicted molar refractivity (Wildman–Crippen MR) is 71.0 cm³/mol. The fourth-order valence-corrected chi connectivity index (χ4v) is 3.46. The lowest BCUT2D eigenvalue weighted by molar-refractivity contribution is 0.521. The van der Waals surface area contributed by atoms with Crippen LogP contribution in [0.25, 0.3) is 0 Å². The largest absolute Gasteiger partial charge is 0.399 e. The Morgan fingerprint density at radius 3 is 2.67 bits per heavy atom. The zero-order valence-corrected chi connectivity index (χ0v) is 12.2. The van der Waals surface area contributed by atoms with Gasteiger partial charge in [-0.25, -0.2) is 17.5 Å². The number of benzene rings is 1. The van der Waals surface area contributed by atoms with Crippen molar-refractivity contribution in [2.75, 3.05) is 12.3 Å². The normalized spacial score (nSPS) is 17.7. The Labute approximate surface area is 114 Å². The van der Waals surface area contributed by atoms with Gasteiger partial charge in [0.05, 0.1) is 4.47 Å². The second kappa shape index (κ2) is 4.47. The summed E-state index contributed by atoms with van der Waals surface area (Å²) >= 11 is 2.95. The third kappa shape index (κ3) is 2.84. The van der Waals surface area contributed by atoms with Crippen LogP contribution < -0.4 is 10.5 Å². The van der Waals surface area contributed by atoms with Gasteiger partial charge in [-0.05, 0) is 46.3 Å². The molecule has 0 spiro atoms. The maximum Gasteiger partial charge on any atom is 0.243 e. The quantitative estimate of drug-likeness (QED) is 0.828. The number of nitrogen functional groups attached to an aromatic ring is 1. The van der Waals surface area contributed by atoms with E-state index in [1.165, 1.54) is 6.07 Å². The van der Waals surface area contributed by atoms with E-state index in [0.717, 1.165) is 18.9 Å². The van der Waals surface area contributed by atoms with Gasteiger partial charge in [0.15, 0.2) is 5.82 Å². The van der Waals surface area contributed by atoms with E-state index >= 15 is 0 Å². The molecule has 1 aromatic carbocycles. The number of rotatable bonds is 4. The molecular formula is C11H14BrFN2O2S. The topological polar surface area (TPSA) is 72.2 Å². The van der Waals surface area contributed by atoms with E-state index in [0.29, 0.717) is 6.54 Å². The average Bonchev–Trinajstić information content (AvgIpc) is 3.00. The highest BCUT2D eigenvalue weighted by Crippen LogP contribution is 2.44. The molecule has 0 heterocycles. The molecule has 0 unspecified atom stereocenters. The minimum atomic E-state index is -3.86. The Bertz CT molecular complexity index is 585. The van der Waals surface area contributed by atoms with Crippen molar-refractivity contribution in [3.05, 3.63) is 22.4 Å². The van der Waals surface area contributed by atoms with Gasteiger partial charge < -0.3 is 5.73 Å². The van der Waals surface area contributed by atoms with E-state index in [9.17, 15) is 12.8 Å². The third-order valence-electron chi connectivity index (χ3n) is 3.10. The van der Waals surface area contributed by atoms with Crippen LogP contribution in [-0.4, -0.2) is 15.0 Å². The summed E-state index contributed by atoms with van der Waals surface area (Å²) in [7, 11) is -3.86. The van der Waals surface area contributed by atoms with Crippen molar-refractivity contribution < 1.29 is 12.8 Å². The molecule has 1 saturated carbocycles. The monoisotopic (exact) mass is 336 g/mol. The van der Waals surface area contributed by atoms with Crippen molar-refractivity contribution in [2.45, 2.75) is 24.7 Å². The fraction of sp³-hybridized carbons (Fsp3) is 0.455. The summed E-state index contributed by atoms with van der Waals surface area (Å²) in [5.74, 6) is -0.822.